The van der Waals surface area contributed by atoms with E-state index in [-0.39, 0.29) is 5.84 Å². The molecule has 1 saturated heterocycles. The van der Waals surface area contributed by atoms with Crippen LogP contribution in [0.3, 0.4) is 0 Å². The topological polar surface area (TPSA) is 71.1 Å². The minimum atomic E-state index is 0.109. The van der Waals surface area contributed by atoms with Gasteiger partial charge in [-0.2, -0.15) is 0 Å². The van der Waals surface area contributed by atoms with E-state index in [0.29, 0.717) is 18.2 Å². The van der Waals surface area contributed by atoms with E-state index in [4.69, 9.17) is 15.7 Å². The molecular weight excluding hydrogens is 266 g/mol. The second-order valence-electron chi connectivity index (χ2n) is 5.87. The molecule has 1 aromatic rings. The summed E-state index contributed by atoms with van der Waals surface area (Å²) >= 11 is 0. The lowest BCUT2D eigenvalue weighted by atomic mass is 9.93. The van der Waals surface area contributed by atoms with E-state index >= 15 is 0 Å². The van der Waals surface area contributed by atoms with Crippen molar-refractivity contribution in [3.63, 3.8) is 0 Å². The zero-order valence-corrected chi connectivity index (χ0v) is 12.8. The number of piperidine rings is 1. The minimum Gasteiger partial charge on any atom is -0.492 e. The van der Waals surface area contributed by atoms with Crippen LogP contribution in [0.5, 0.6) is 5.75 Å². The van der Waals surface area contributed by atoms with Crippen LogP contribution in [0.4, 0.5) is 0 Å². The molecule has 0 radical (unpaired) electrons. The average Bonchev–Trinajstić information content (AvgIpc) is 2.49. The van der Waals surface area contributed by atoms with Gasteiger partial charge in [0.2, 0.25) is 0 Å². The molecule has 0 amide bonds. The third-order valence-corrected chi connectivity index (χ3v) is 4.18. The number of hydrogen-bond acceptors (Lipinski definition) is 4. The number of ether oxygens (including phenoxy) is 1. The van der Waals surface area contributed by atoms with Crippen molar-refractivity contribution < 1.29 is 9.94 Å². The predicted molar refractivity (Wildman–Crippen MR) is 83.9 cm³/mol. The fraction of sp³-hybridized carbons (Fsp3) is 0.562. The van der Waals surface area contributed by atoms with Crippen LogP contribution >= 0.6 is 0 Å². The lowest BCUT2D eigenvalue weighted by Crippen LogP contribution is -2.42. The molecule has 1 aliphatic rings. The SMILES string of the molecule is CC1CCN(CCOc2ccc(C(N)=NO)cc2)C(C)C1. The molecule has 1 fully saturated rings. The Hall–Kier alpha value is -1.75. The first-order chi connectivity index (χ1) is 10.1. The van der Waals surface area contributed by atoms with Crippen LogP contribution in [0.2, 0.25) is 0 Å². The van der Waals surface area contributed by atoms with Gasteiger partial charge in [-0.05, 0) is 56.5 Å². The van der Waals surface area contributed by atoms with Gasteiger partial charge in [-0.1, -0.05) is 12.1 Å². The predicted octanol–water partition coefficient (Wildman–Crippen LogP) is 2.28. The highest BCUT2D eigenvalue weighted by Crippen LogP contribution is 2.21. The normalized spacial score (nSPS) is 24.0. The van der Waals surface area contributed by atoms with Gasteiger partial charge in [0.1, 0.15) is 12.4 Å². The average molecular weight is 291 g/mol. The molecule has 0 aromatic heterocycles. The Kier molecular flexibility index (Phi) is 5.44. The zero-order chi connectivity index (χ0) is 15.2. The van der Waals surface area contributed by atoms with E-state index in [9.17, 15) is 0 Å². The van der Waals surface area contributed by atoms with Crippen LogP contribution in [0.1, 0.15) is 32.3 Å². The molecule has 1 aromatic carbocycles. The maximum absolute atomic E-state index is 8.61. The molecule has 1 heterocycles. The van der Waals surface area contributed by atoms with Crippen molar-refractivity contribution in [2.75, 3.05) is 19.7 Å². The molecule has 5 heteroatoms. The lowest BCUT2D eigenvalue weighted by molar-refractivity contribution is 0.109. The fourth-order valence-corrected chi connectivity index (χ4v) is 2.85. The van der Waals surface area contributed by atoms with Crippen molar-refractivity contribution in [1.82, 2.24) is 4.90 Å². The van der Waals surface area contributed by atoms with Crippen molar-refractivity contribution in [2.45, 2.75) is 32.7 Å². The first-order valence-electron chi connectivity index (χ1n) is 7.55. The van der Waals surface area contributed by atoms with Gasteiger partial charge in [-0.25, -0.2) is 0 Å². The molecule has 116 valence electrons. The van der Waals surface area contributed by atoms with Crippen molar-refractivity contribution in [3.8, 4) is 5.75 Å². The number of amidine groups is 1. The van der Waals surface area contributed by atoms with E-state index in [1.165, 1.54) is 12.8 Å². The summed E-state index contributed by atoms with van der Waals surface area (Å²) < 4.78 is 5.77. The van der Waals surface area contributed by atoms with Crippen LogP contribution in [0.15, 0.2) is 29.4 Å². The minimum absolute atomic E-state index is 0.109. The molecule has 2 atom stereocenters. The van der Waals surface area contributed by atoms with E-state index in [2.05, 4.69) is 23.9 Å². The van der Waals surface area contributed by atoms with Crippen molar-refractivity contribution >= 4 is 5.84 Å². The second kappa shape index (κ2) is 7.31. The molecule has 5 nitrogen and oxygen atoms in total. The third-order valence-electron chi connectivity index (χ3n) is 4.18. The van der Waals surface area contributed by atoms with Gasteiger partial charge in [0.15, 0.2) is 5.84 Å². The van der Waals surface area contributed by atoms with Gasteiger partial charge < -0.3 is 15.7 Å². The lowest BCUT2D eigenvalue weighted by Gasteiger charge is -2.36. The molecule has 0 saturated carbocycles. The van der Waals surface area contributed by atoms with Gasteiger partial charge >= 0.3 is 0 Å². The maximum Gasteiger partial charge on any atom is 0.170 e. The maximum atomic E-state index is 8.61. The molecule has 21 heavy (non-hydrogen) atoms. The summed E-state index contributed by atoms with van der Waals surface area (Å²) in [5.41, 5.74) is 6.20. The fourth-order valence-electron chi connectivity index (χ4n) is 2.85. The number of nitrogens with two attached hydrogens (primary N) is 1. The Morgan fingerprint density at radius 2 is 2.10 bits per heavy atom. The number of oxime groups is 1. The van der Waals surface area contributed by atoms with Gasteiger partial charge in [-0.15, -0.1) is 0 Å². The van der Waals surface area contributed by atoms with Crippen LogP contribution in [0, 0.1) is 5.92 Å². The summed E-state index contributed by atoms with van der Waals surface area (Å²) in [6.07, 6.45) is 2.55. The van der Waals surface area contributed by atoms with Gasteiger partial charge in [0.25, 0.3) is 0 Å². The van der Waals surface area contributed by atoms with Crippen molar-refractivity contribution in [2.24, 2.45) is 16.8 Å². The number of hydrogen-bond donors (Lipinski definition) is 2. The standard InChI is InChI=1S/C16H25N3O2/c1-12-7-8-19(13(2)11-12)9-10-21-15-5-3-14(4-6-15)16(17)18-20/h3-6,12-13,20H,7-11H2,1-2H3,(H2,17,18). The highest BCUT2D eigenvalue weighted by atomic mass is 16.5. The zero-order valence-electron chi connectivity index (χ0n) is 12.8. The van der Waals surface area contributed by atoms with Crippen LogP contribution in [-0.2, 0) is 0 Å². The number of benzene rings is 1. The smallest absolute Gasteiger partial charge is 0.170 e. The summed E-state index contributed by atoms with van der Waals surface area (Å²) in [5.74, 6) is 1.75. The second-order valence-corrected chi connectivity index (χ2v) is 5.87. The Balaban J connectivity index is 1.78. The highest BCUT2D eigenvalue weighted by molar-refractivity contribution is 5.97. The quantitative estimate of drug-likeness (QED) is 0.378. The molecule has 0 aliphatic carbocycles. The Bertz CT molecular complexity index is 473. The third kappa shape index (κ3) is 4.36. The number of likely N-dealkylation sites (tertiary alicyclic amines) is 1. The largest absolute Gasteiger partial charge is 0.492 e. The summed E-state index contributed by atoms with van der Waals surface area (Å²) in [7, 11) is 0. The number of nitrogens with zero attached hydrogens (tertiary/aromatic N) is 2. The Morgan fingerprint density at radius 3 is 2.71 bits per heavy atom. The highest BCUT2D eigenvalue weighted by Gasteiger charge is 2.22. The van der Waals surface area contributed by atoms with E-state index in [0.717, 1.165) is 24.8 Å². The number of rotatable bonds is 5. The van der Waals surface area contributed by atoms with Crippen LogP contribution in [-0.4, -0.2) is 41.7 Å². The molecule has 3 N–H and O–H groups in total. The molecule has 1 aliphatic heterocycles. The Labute approximate surface area is 126 Å². The van der Waals surface area contributed by atoms with Crippen LogP contribution in [0.25, 0.3) is 0 Å². The van der Waals surface area contributed by atoms with Gasteiger partial charge in [0.05, 0.1) is 0 Å². The summed E-state index contributed by atoms with van der Waals surface area (Å²) in [6, 6.07) is 7.90. The first kappa shape index (κ1) is 15.6. The molecule has 0 bridgehead atoms. The molecular formula is C16H25N3O2. The van der Waals surface area contributed by atoms with E-state index in [1.54, 1.807) is 12.1 Å². The van der Waals surface area contributed by atoms with Gasteiger partial charge in [0, 0.05) is 18.2 Å². The first-order valence-corrected chi connectivity index (χ1v) is 7.55. The van der Waals surface area contributed by atoms with E-state index in [1.807, 2.05) is 12.1 Å². The summed E-state index contributed by atoms with van der Waals surface area (Å²) in [6.45, 7) is 7.42. The van der Waals surface area contributed by atoms with Gasteiger partial charge in [-0.3, -0.25) is 4.90 Å². The monoisotopic (exact) mass is 291 g/mol. The summed E-state index contributed by atoms with van der Waals surface area (Å²) in [5, 5.41) is 11.6. The molecule has 2 rings (SSSR count). The Morgan fingerprint density at radius 1 is 1.38 bits per heavy atom. The molecule has 2 unspecified atom stereocenters. The van der Waals surface area contributed by atoms with Crippen LogP contribution < -0.4 is 10.5 Å². The van der Waals surface area contributed by atoms with E-state index < -0.39 is 0 Å². The van der Waals surface area contributed by atoms with Crippen molar-refractivity contribution in [1.29, 1.82) is 0 Å². The molecule has 0 spiro atoms. The summed E-state index contributed by atoms with van der Waals surface area (Å²) in [4.78, 5) is 2.49. The van der Waals surface area contributed by atoms with Crippen molar-refractivity contribution in [3.05, 3.63) is 29.8 Å².